The van der Waals surface area contributed by atoms with Crippen molar-refractivity contribution in [1.29, 1.82) is 0 Å². The van der Waals surface area contributed by atoms with Crippen LogP contribution in [-0.4, -0.2) is 55.8 Å². The number of unbranched alkanes of at least 4 members (excludes halogenated alkanes) is 28. The Balaban J connectivity index is 1.85. The molecule has 0 aliphatic rings. The second-order valence-corrected chi connectivity index (χ2v) is 16.2. The summed E-state index contributed by atoms with van der Waals surface area (Å²) in [4.78, 5) is 26.7. The van der Waals surface area contributed by atoms with Crippen LogP contribution < -0.4 is 0 Å². The van der Waals surface area contributed by atoms with E-state index in [2.05, 4.69) is 13.8 Å². The molecule has 2 rings (SSSR count). The predicted molar refractivity (Wildman–Crippen MR) is 232 cm³/mol. The molecule has 10 nitrogen and oxygen atoms in total. The van der Waals surface area contributed by atoms with E-state index in [1.54, 1.807) is 0 Å². The molecule has 0 amide bonds. The molecule has 330 valence electrons. The molecule has 0 saturated carbocycles. The number of rotatable bonds is 35. The van der Waals surface area contributed by atoms with Gasteiger partial charge in [0.2, 0.25) is 11.5 Å². The molecule has 0 heterocycles. The minimum absolute atomic E-state index is 0.0414. The van der Waals surface area contributed by atoms with Crippen molar-refractivity contribution in [1.82, 2.24) is 0 Å². The molecule has 58 heavy (non-hydrogen) atoms. The fourth-order valence-corrected chi connectivity index (χ4v) is 7.55. The van der Waals surface area contributed by atoms with Crippen molar-refractivity contribution in [3.8, 4) is 45.6 Å². The zero-order valence-corrected chi connectivity index (χ0v) is 36.1. The Morgan fingerprint density at radius 1 is 0.362 bits per heavy atom. The highest BCUT2D eigenvalue weighted by molar-refractivity contribution is 6.08. The van der Waals surface area contributed by atoms with Gasteiger partial charge < -0.3 is 40.1 Å². The number of esters is 2. The Bertz CT molecular complexity index is 1440. The van der Waals surface area contributed by atoms with Gasteiger partial charge in [0.25, 0.3) is 0 Å². The van der Waals surface area contributed by atoms with E-state index in [1.807, 2.05) is 0 Å². The van der Waals surface area contributed by atoms with E-state index >= 15 is 0 Å². The fourth-order valence-electron chi connectivity index (χ4n) is 7.55. The number of hydrogen-bond donors (Lipinski definition) is 6. The third kappa shape index (κ3) is 19.3. The number of carbonyl (C=O) groups is 2. The quantitative estimate of drug-likeness (QED) is 0.0223. The van der Waals surface area contributed by atoms with Crippen LogP contribution in [0.1, 0.15) is 227 Å². The summed E-state index contributed by atoms with van der Waals surface area (Å²) in [5, 5.41) is 63.4. The SMILES string of the molecule is CCCCCCCCCCCCCCCCCCOC(=O)c1cc(O)c(O)c(O)c1-c1c(C(=O)OCCCCCCCCCCCCCCCC)cc(O)c(O)c1O. The minimum atomic E-state index is -1.03. The molecule has 0 aliphatic carbocycles. The highest BCUT2D eigenvalue weighted by Crippen LogP contribution is 2.52. The van der Waals surface area contributed by atoms with E-state index in [4.69, 9.17) is 9.47 Å². The molecule has 0 atom stereocenters. The summed E-state index contributed by atoms with van der Waals surface area (Å²) in [7, 11) is 0. The molecule has 0 bridgehead atoms. The van der Waals surface area contributed by atoms with Crippen LogP contribution in [0.25, 0.3) is 11.1 Å². The van der Waals surface area contributed by atoms with E-state index in [1.165, 1.54) is 135 Å². The number of phenolic OH excluding ortho intramolecular Hbond substituents is 6. The largest absolute Gasteiger partial charge is 0.504 e. The van der Waals surface area contributed by atoms with Crippen LogP contribution in [0.4, 0.5) is 0 Å². The lowest BCUT2D eigenvalue weighted by molar-refractivity contribution is 0.0485. The number of carbonyl (C=O) groups excluding carboxylic acids is 2. The first-order valence-corrected chi connectivity index (χ1v) is 23.1. The van der Waals surface area contributed by atoms with Gasteiger partial charge in [0.1, 0.15) is 0 Å². The number of hydrogen-bond acceptors (Lipinski definition) is 10. The van der Waals surface area contributed by atoms with E-state index in [0.717, 1.165) is 57.1 Å². The van der Waals surface area contributed by atoms with Crippen molar-refractivity contribution in [3.63, 3.8) is 0 Å². The van der Waals surface area contributed by atoms with Crippen LogP contribution in [-0.2, 0) is 9.47 Å². The summed E-state index contributed by atoms with van der Waals surface area (Å²) in [6, 6.07) is 1.71. The van der Waals surface area contributed by atoms with Crippen molar-refractivity contribution in [2.45, 2.75) is 206 Å². The maximum atomic E-state index is 13.4. The van der Waals surface area contributed by atoms with E-state index in [-0.39, 0.29) is 13.2 Å². The topological polar surface area (TPSA) is 174 Å². The van der Waals surface area contributed by atoms with Crippen molar-refractivity contribution in [2.24, 2.45) is 0 Å². The van der Waals surface area contributed by atoms with Gasteiger partial charge in [-0.25, -0.2) is 9.59 Å². The first-order valence-electron chi connectivity index (χ1n) is 23.1. The molecule has 10 heteroatoms. The monoisotopic (exact) mass is 815 g/mol. The van der Waals surface area contributed by atoms with Gasteiger partial charge in [0, 0.05) is 11.1 Å². The van der Waals surface area contributed by atoms with Gasteiger partial charge >= 0.3 is 11.9 Å². The summed E-state index contributed by atoms with van der Waals surface area (Å²) in [5.41, 5.74) is -2.07. The van der Waals surface area contributed by atoms with Gasteiger partial charge in [-0.3, -0.25) is 0 Å². The molecule has 6 N–H and O–H groups in total. The lowest BCUT2D eigenvalue weighted by Gasteiger charge is -2.18. The van der Waals surface area contributed by atoms with Crippen molar-refractivity contribution in [2.75, 3.05) is 13.2 Å². The summed E-state index contributed by atoms with van der Waals surface area (Å²) in [5.74, 6) is -7.74. The van der Waals surface area contributed by atoms with Gasteiger partial charge in [-0.1, -0.05) is 194 Å². The van der Waals surface area contributed by atoms with Crippen LogP contribution >= 0.6 is 0 Å². The second kappa shape index (κ2) is 31.1. The molecule has 0 fully saturated rings. The molecule has 0 saturated heterocycles. The van der Waals surface area contributed by atoms with Crippen molar-refractivity contribution in [3.05, 3.63) is 23.3 Å². The Morgan fingerprint density at radius 3 is 0.828 bits per heavy atom. The summed E-state index contributed by atoms with van der Waals surface area (Å²) in [6.07, 6.45) is 35.5. The summed E-state index contributed by atoms with van der Waals surface area (Å²) in [6.45, 7) is 4.56. The summed E-state index contributed by atoms with van der Waals surface area (Å²) >= 11 is 0. The van der Waals surface area contributed by atoms with E-state index in [9.17, 15) is 40.2 Å². The van der Waals surface area contributed by atoms with Crippen LogP contribution in [0.2, 0.25) is 0 Å². The van der Waals surface area contributed by atoms with Crippen molar-refractivity contribution >= 4 is 11.9 Å². The minimum Gasteiger partial charge on any atom is -0.504 e. The maximum absolute atomic E-state index is 13.4. The second-order valence-electron chi connectivity index (χ2n) is 16.2. The molecule has 0 aliphatic heterocycles. The van der Waals surface area contributed by atoms with Crippen LogP contribution in [0.3, 0.4) is 0 Å². The summed E-state index contributed by atoms with van der Waals surface area (Å²) < 4.78 is 10.9. The lowest BCUT2D eigenvalue weighted by atomic mass is 9.92. The Kier molecular flexibility index (Phi) is 27.0. The fraction of sp³-hybridized carbons (Fsp3) is 0.708. The molecule has 2 aromatic rings. The van der Waals surface area contributed by atoms with E-state index < -0.39 is 68.7 Å². The third-order valence-corrected chi connectivity index (χ3v) is 11.2. The van der Waals surface area contributed by atoms with E-state index in [0.29, 0.717) is 12.8 Å². The first kappa shape index (κ1) is 50.3. The number of benzene rings is 2. The Labute approximate surface area is 349 Å². The Morgan fingerprint density at radius 2 is 0.586 bits per heavy atom. The van der Waals surface area contributed by atoms with Gasteiger partial charge in [-0.15, -0.1) is 0 Å². The zero-order valence-electron chi connectivity index (χ0n) is 36.1. The van der Waals surface area contributed by atoms with Gasteiger partial charge in [-0.2, -0.15) is 0 Å². The highest BCUT2D eigenvalue weighted by atomic mass is 16.5. The number of ether oxygens (including phenoxy) is 2. The highest BCUT2D eigenvalue weighted by Gasteiger charge is 2.32. The average Bonchev–Trinajstić information content (AvgIpc) is 3.21. The molecule has 0 spiro atoms. The van der Waals surface area contributed by atoms with Gasteiger partial charge in [-0.05, 0) is 25.0 Å². The van der Waals surface area contributed by atoms with Crippen LogP contribution in [0.15, 0.2) is 12.1 Å². The van der Waals surface area contributed by atoms with Crippen LogP contribution in [0.5, 0.6) is 34.5 Å². The van der Waals surface area contributed by atoms with Crippen molar-refractivity contribution < 1.29 is 49.7 Å². The molecule has 2 aromatic carbocycles. The molecule has 0 aromatic heterocycles. The Hall–Kier alpha value is -3.82. The predicted octanol–water partition coefficient (Wildman–Crippen LogP) is 13.6. The number of phenols is 6. The van der Waals surface area contributed by atoms with Gasteiger partial charge in [0.05, 0.1) is 24.3 Å². The lowest BCUT2D eigenvalue weighted by Crippen LogP contribution is -2.12. The maximum Gasteiger partial charge on any atom is 0.339 e. The molecular formula is C48H78O10. The van der Waals surface area contributed by atoms with Crippen LogP contribution in [0, 0.1) is 0 Å². The van der Waals surface area contributed by atoms with Gasteiger partial charge in [0.15, 0.2) is 23.0 Å². The number of aromatic hydroxyl groups is 6. The normalized spacial score (nSPS) is 11.3. The molecule has 0 radical (unpaired) electrons. The molecule has 0 unspecified atom stereocenters. The first-order chi connectivity index (χ1) is 28.1. The standard InChI is InChI=1S/C48H78O10/c1-3-5-7-9-11-13-15-17-19-20-22-24-26-28-30-32-34-58-48(56)38-36-40(50)44(52)46(54)42(38)41-37(35-39(49)43(51)45(41)53)47(55)57-33-31-29-27-25-23-21-18-16-14-12-10-8-6-4-2/h35-36,49-54H,3-34H2,1-2H3. The zero-order chi connectivity index (χ0) is 42.4. The third-order valence-electron chi connectivity index (χ3n) is 11.2. The smallest absolute Gasteiger partial charge is 0.339 e. The molecular weight excluding hydrogens is 737 g/mol. The average molecular weight is 815 g/mol.